The summed E-state index contributed by atoms with van der Waals surface area (Å²) >= 11 is 12.1. The summed E-state index contributed by atoms with van der Waals surface area (Å²) in [6, 6.07) is 9.34. The number of H-pyrrole nitrogens is 1. The first-order chi connectivity index (χ1) is 12.1. The van der Waals surface area contributed by atoms with Gasteiger partial charge in [0.25, 0.3) is 0 Å². The number of pyridine rings is 1. The second-order valence-corrected chi connectivity index (χ2v) is 6.87. The molecule has 0 amide bonds. The number of benzene rings is 1. The normalized spacial score (nSPS) is 17.2. The fourth-order valence-corrected chi connectivity index (χ4v) is 3.26. The number of β-amino-alcohol motifs (C(OH)–C–C–N with tert-alkyl or cyclic N) is 1. The second kappa shape index (κ2) is 6.67. The Labute approximate surface area is 155 Å². The van der Waals surface area contributed by atoms with Gasteiger partial charge in [-0.15, -0.1) is 0 Å². The topological polar surface area (TPSA) is 65.0 Å². The van der Waals surface area contributed by atoms with Crippen LogP contribution < -0.4 is 4.90 Å². The second-order valence-electron chi connectivity index (χ2n) is 6.05. The number of nitrogens with zero attached hydrogens (tertiary/aromatic N) is 3. The zero-order valence-corrected chi connectivity index (χ0v) is 14.8. The van der Waals surface area contributed by atoms with Crippen LogP contribution in [0.15, 0.2) is 42.7 Å². The highest BCUT2D eigenvalue weighted by Crippen LogP contribution is 2.29. The number of rotatable bonds is 3. The molecule has 0 bridgehead atoms. The Morgan fingerprint density at radius 3 is 2.76 bits per heavy atom. The molecule has 0 aliphatic carbocycles. The number of aliphatic hydroxyl groups excluding tert-OH is 1. The summed E-state index contributed by atoms with van der Waals surface area (Å²) < 4.78 is 0. The van der Waals surface area contributed by atoms with Gasteiger partial charge >= 0.3 is 0 Å². The summed E-state index contributed by atoms with van der Waals surface area (Å²) in [7, 11) is 0. The minimum Gasteiger partial charge on any atom is -0.391 e. The van der Waals surface area contributed by atoms with E-state index in [9.17, 15) is 5.11 Å². The average Bonchev–Trinajstić information content (AvgIpc) is 3.27. The predicted molar refractivity (Wildman–Crippen MR) is 100 cm³/mol. The van der Waals surface area contributed by atoms with E-state index < -0.39 is 0 Å². The first-order valence-corrected chi connectivity index (χ1v) is 8.76. The van der Waals surface area contributed by atoms with E-state index in [0.29, 0.717) is 16.6 Å². The molecule has 1 aliphatic heterocycles. The van der Waals surface area contributed by atoms with Crippen molar-refractivity contribution in [3.8, 4) is 22.6 Å². The minimum absolute atomic E-state index is 0.282. The molecular weight excluding hydrogens is 359 g/mol. The molecule has 1 unspecified atom stereocenters. The van der Waals surface area contributed by atoms with E-state index in [1.165, 1.54) is 0 Å². The number of halogens is 2. The highest BCUT2D eigenvalue weighted by Gasteiger charge is 2.21. The SMILES string of the molecule is OC1CCN(c2cc(-c3nc(-c4ccc(Cl)c(Cl)c4)c[nH]3)ccn2)C1. The molecule has 0 spiro atoms. The van der Waals surface area contributed by atoms with Crippen molar-refractivity contribution in [2.75, 3.05) is 18.0 Å². The van der Waals surface area contributed by atoms with Crippen molar-refractivity contribution in [2.24, 2.45) is 0 Å². The maximum atomic E-state index is 9.71. The van der Waals surface area contributed by atoms with Gasteiger partial charge in [-0.05, 0) is 30.7 Å². The van der Waals surface area contributed by atoms with Crippen LogP contribution >= 0.6 is 23.2 Å². The zero-order valence-electron chi connectivity index (χ0n) is 13.3. The first kappa shape index (κ1) is 16.4. The molecule has 25 heavy (non-hydrogen) atoms. The number of aromatic nitrogens is 3. The Hall–Kier alpha value is -2.08. The molecule has 1 atom stereocenters. The lowest BCUT2D eigenvalue weighted by Gasteiger charge is -2.16. The summed E-state index contributed by atoms with van der Waals surface area (Å²) in [5.74, 6) is 1.60. The van der Waals surface area contributed by atoms with E-state index in [-0.39, 0.29) is 6.10 Å². The molecule has 1 aliphatic rings. The third-order valence-corrected chi connectivity index (χ3v) is 5.04. The van der Waals surface area contributed by atoms with Crippen molar-refractivity contribution < 1.29 is 5.11 Å². The first-order valence-electron chi connectivity index (χ1n) is 8.00. The third kappa shape index (κ3) is 3.35. The van der Waals surface area contributed by atoms with Crippen LogP contribution in [-0.2, 0) is 0 Å². The molecule has 0 radical (unpaired) electrons. The van der Waals surface area contributed by atoms with Crippen LogP contribution in [0.1, 0.15) is 6.42 Å². The summed E-state index contributed by atoms with van der Waals surface area (Å²) in [4.78, 5) is 14.3. The van der Waals surface area contributed by atoms with Crippen molar-refractivity contribution in [3.05, 3.63) is 52.8 Å². The van der Waals surface area contributed by atoms with E-state index in [2.05, 4.69) is 19.9 Å². The largest absolute Gasteiger partial charge is 0.391 e. The standard InChI is InChI=1S/C18H16Cl2N4O/c19-14-2-1-11(7-15(14)20)16-9-22-18(23-16)12-3-5-21-17(8-12)24-6-4-13(25)10-24/h1-3,5,7-9,13,25H,4,6,10H2,(H,22,23). The van der Waals surface area contributed by atoms with Gasteiger partial charge in [-0.25, -0.2) is 9.97 Å². The number of nitrogens with one attached hydrogen (secondary N) is 1. The highest BCUT2D eigenvalue weighted by molar-refractivity contribution is 6.42. The molecule has 1 aromatic carbocycles. The van der Waals surface area contributed by atoms with Crippen LogP contribution in [0.4, 0.5) is 5.82 Å². The summed E-state index contributed by atoms with van der Waals surface area (Å²) in [5, 5.41) is 10.7. The Balaban J connectivity index is 1.62. The zero-order chi connectivity index (χ0) is 17.4. The van der Waals surface area contributed by atoms with Crippen molar-refractivity contribution in [1.82, 2.24) is 15.0 Å². The maximum Gasteiger partial charge on any atom is 0.138 e. The molecule has 3 heterocycles. The van der Waals surface area contributed by atoms with Gasteiger partial charge < -0.3 is 15.0 Å². The molecular formula is C18H16Cl2N4O. The molecule has 3 aromatic rings. The molecule has 7 heteroatoms. The van der Waals surface area contributed by atoms with E-state index >= 15 is 0 Å². The van der Waals surface area contributed by atoms with Crippen LogP contribution in [0.2, 0.25) is 10.0 Å². The lowest BCUT2D eigenvalue weighted by atomic mass is 10.2. The van der Waals surface area contributed by atoms with Crippen molar-refractivity contribution >= 4 is 29.0 Å². The highest BCUT2D eigenvalue weighted by atomic mass is 35.5. The molecule has 0 saturated carbocycles. The van der Waals surface area contributed by atoms with Gasteiger partial charge in [-0.1, -0.05) is 29.3 Å². The van der Waals surface area contributed by atoms with Crippen LogP contribution in [0.3, 0.4) is 0 Å². The van der Waals surface area contributed by atoms with Gasteiger partial charge in [0.1, 0.15) is 11.6 Å². The van der Waals surface area contributed by atoms with Gasteiger partial charge in [0.2, 0.25) is 0 Å². The predicted octanol–water partition coefficient (Wildman–Crippen LogP) is 4.02. The monoisotopic (exact) mass is 374 g/mol. The Morgan fingerprint density at radius 1 is 1.12 bits per heavy atom. The number of hydrogen-bond acceptors (Lipinski definition) is 4. The Kier molecular flexibility index (Phi) is 4.37. The van der Waals surface area contributed by atoms with Gasteiger partial charge in [-0.2, -0.15) is 0 Å². The average molecular weight is 375 g/mol. The van der Waals surface area contributed by atoms with E-state index in [1.54, 1.807) is 18.3 Å². The fraction of sp³-hybridized carbons (Fsp3) is 0.222. The van der Waals surface area contributed by atoms with Crippen LogP contribution in [0, 0.1) is 0 Å². The third-order valence-electron chi connectivity index (χ3n) is 4.30. The number of aliphatic hydroxyl groups is 1. The van der Waals surface area contributed by atoms with Gasteiger partial charge in [0.15, 0.2) is 0 Å². The molecule has 5 nitrogen and oxygen atoms in total. The molecule has 128 valence electrons. The maximum absolute atomic E-state index is 9.71. The van der Waals surface area contributed by atoms with Crippen LogP contribution in [-0.4, -0.2) is 39.3 Å². The lowest BCUT2D eigenvalue weighted by molar-refractivity contribution is 0.198. The number of imidazole rings is 1. The van der Waals surface area contributed by atoms with Gasteiger partial charge in [-0.3, -0.25) is 0 Å². The van der Waals surface area contributed by atoms with Crippen LogP contribution in [0.5, 0.6) is 0 Å². The Morgan fingerprint density at radius 2 is 2.00 bits per heavy atom. The lowest BCUT2D eigenvalue weighted by Crippen LogP contribution is -2.22. The molecule has 2 aromatic heterocycles. The van der Waals surface area contributed by atoms with Crippen molar-refractivity contribution in [3.63, 3.8) is 0 Å². The van der Waals surface area contributed by atoms with Crippen molar-refractivity contribution in [2.45, 2.75) is 12.5 Å². The number of anilines is 1. The molecule has 1 saturated heterocycles. The van der Waals surface area contributed by atoms with E-state index in [0.717, 1.165) is 41.4 Å². The molecule has 4 rings (SSSR count). The van der Waals surface area contributed by atoms with Crippen molar-refractivity contribution in [1.29, 1.82) is 0 Å². The Bertz CT molecular complexity index is 912. The molecule has 2 N–H and O–H groups in total. The van der Waals surface area contributed by atoms with E-state index in [1.807, 2.05) is 24.4 Å². The van der Waals surface area contributed by atoms with E-state index in [4.69, 9.17) is 23.2 Å². The number of hydrogen-bond donors (Lipinski definition) is 2. The quantitative estimate of drug-likeness (QED) is 0.726. The summed E-state index contributed by atoms with van der Waals surface area (Å²) in [6.07, 6.45) is 4.09. The fourth-order valence-electron chi connectivity index (χ4n) is 2.96. The minimum atomic E-state index is -0.282. The van der Waals surface area contributed by atoms with Gasteiger partial charge in [0.05, 0.1) is 21.8 Å². The summed E-state index contributed by atoms with van der Waals surface area (Å²) in [5.41, 5.74) is 2.63. The van der Waals surface area contributed by atoms with Crippen LogP contribution in [0.25, 0.3) is 22.6 Å². The van der Waals surface area contributed by atoms with Gasteiger partial charge in [0, 0.05) is 36.6 Å². The number of aromatic amines is 1. The smallest absolute Gasteiger partial charge is 0.138 e. The summed E-state index contributed by atoms with van der Waals surface area (Å²) in [6.45, 7) is 1.42. The molecule has 1 fully saturated rings.